The molecule has 3 nitrogen and oxygen atoms in total. The number of nitriles is 1. The number of hydrogen-bond acceptors (Lipinski definition) is 4. The van der Waals surface area contributed by atoms with Crippen molar-refractivity contribution in [2.75, 3.05) is 6.26 Å². The molecule has 1 saturated carbocycles. The van der Waals surface area contributed by atoms with Crippen LogP contribution >= 0.6 is 11.8 Å². The highest BCUT2D eigenvalue weighted by Crippen LogP contribution is 2.27. The zero-order valence-electron chi connectivity index (χ0n) is 10.7. The molecule has 0 aliphatic heterocycles. The average Bonchev–Trinajstić information content (AvgIpc) is 2.45. The van der Waals surface area contributed by atoms with E-state index in [9.17, 15) is 0 Å². The van der Waals surface area contributed by atoms with E-state index in [1.807, 2.05) is 23.9 Å². The maximum Gasteiger partial charge on any atom is 0.140 e. The lowest BCUT2D eigenvalue weighted by molar-refractivity contribution is 0.380. The second-order valence-electron chi connectivity index (χ2n) is 4.76. The number of nitrogens with zero attached hydrogens (tertiary/aromatic N) is 2. The normalized spacial score (nSPS) is 23.6. The van der Waals surface area contributed by atoms with Crippen molar-refractivity contribution >= 4 is 11.8 Å². The summed E-state index contributed by atoms with van der Waals surface area (Å²) in [6.07, 6.45) is 9.12. The maximum atomic E-state index is 8.81. The van der Waals surface area contributed by atoms with Gasteiger partial charge in [-0.05, 0) is 43.2 Å². The van der Waals surface area contributed by atoms with Crippen LogP contribution in [0.15, 0.2) is 18.3 Å². The van der Waals surface area contributed by atoms with Crippen LogP contribution in [-0.2, 0) is 6.54 Å². The second-order valence-corrected chi connectivity index (χ2v) is 5.90. The highest BCUT2D eigenvalue weighted by molar-refractivity contribution is 7.99. The molecule has 1 aliphatic rings. The van der Waals surface area contributed by atoms with E-state index in [0.717, 1.165) is 17.4 Å². The van der Waals surface area contributed by atoms with Crippen LogP contribution in [0.5, 0.6) is 0 Å². The van der Waals surface area contributed by atoms with E-state index in [4.69, 9.17) is 5.26 Å². The van der Waals surface area contributed by atoms with E-state index in [-0.39, 0.29) is 0 Å². The molecular formula is C14H19N3S. The molecule has 0 spiro atoms. The molecule has 1 heterocycles. The van der Waals surface area contributed by atoms with Crippen molar-refractivity contribution in [1.29, 1.82) is 5.26 Å². The molecule has 2 atom stereocenters. The Morgan fingerprint density at radius 3 is 3.22 bits per heavy atom. The molecule has 1 aromatic rings. The van der Waals surface area contributed by atoms with Gasteiger partial charge in [-0.15, -0.1) is 0 Å². The van der Waals surface area contributed by atoms with Crippen LogP contribution in [0.4, 0.5) is 0 Å². The zero-order chi connectivity index (χ0) is 12.8. The zero-order valence-corrected chi connectivity index (χ0v) is 11.5. The van der Waals surface area contributed by atoms with E-state index in [1.54, 1.807) is 6.20 Å². The van der Waals surface area contributed by atoms with Crippen LogP contribution in [0.2, 0.25) is 0 Å². The number of aromatic nitrogens is 1. The number of pyridine rings is 1. The summed E-state index contributed by atoms with van der Waals surface area (Å²) in [5.74, 6) is 0. The van der Waals surface area contributed by atoms with Crippen LogP contribution in [-0.4, -0.2) is 22.5 Å². The van der Waals surface area contributed by atoms with Crippen molar-refractivity contribution in [2.45, 2.75) is 43.5 Å². The first-order valence-electron chi connectivity index (χ1n) is 6.43. The number of hydrogen-bond donors (Lipinski definition) is 1. The van der Waals surface area contributed by atoms with E-state index >= 15 is 0 Å². The fraction of sp³-hybridized carbons (Fsp3) is 0.571. The highest BCUT2D eigenvalue weighted by atomic mass is 32.2. The van der Waals surface area contributed by atoms with Gasteiger partial charge in [-0.1, -0.05) is 6.42 Å². The molecule has 1 aliphatic carbocycles. The molecule has 1 aromatic heterocycles. The molecule has 1 N–H and O–H groups in total. The fourth-order valence-electron chi connectivity index (χ4n) is 2.45. The average molecular weight is 261 g/mol. The van der Waals surface area contributed by atoms with E-state index < -0.39 is 0 Å². The monoisotopic (exact) mass is 261 g/mol. The van der Waals surface area contributed by atoms with Crippen LogP contribution in [0.1, 0.15) is 36.9 Å². The Balaban J connectivity index is 1.85. The van der Waals surface area contributed by atoms with E-state index in [2.05, 4.69) is 22.6 Å². The summed E-state index contributed by atoms with van der Waals surface area (Å²) in [5, 5.41) is 13.2. The summed E-state index contributed by atoms with van der Waals surface area (Å²) < 4.78 is 0. The lowest BCUT2D eigenvalue weighted by Gasteiger charge is -2.28. The topological polar surface area (TPSA) is 48.7 Å². The highest BCUT2D eigenvalue weighted by Gasteiger charge is 2.20. The summed E-state index contributed by atoms with van der Waals surface area (Å²) in [6, 6.07) is 6.54. The quantitative estimate of drug-likeness (QED) is 0.905. The Hall–Kier alpha value is -1.05. The SMILES string of the molecule is CSC1CCCC(NCc2ccnc(C#N)c2)C1. The third kappa shape index (κ3) is 3.72. The van der Waals surface area contributed by atoms with Gasteiger partial charge in [0.1, 0.15) is 11.8 Å². The molecule has 0 amide bonds. The van der Waals surface area contributed by atoms with Crippen molar-refractivity contribution in [3.63, 3.8) is 0 Å². The van der Waals surface area contributed by atoms with Crippen LogP contribution in [0.25, 0.3) is 0 Å². The van der Waals surface area contributed by atoms with Gasteiger partial charge in [0.05, 0.1) is 0 Å². The fourth-order valence-corrected chi connectivity index (χ4v) is 3.28. The minimum Gasteiger partial charge on any atom is -0.310 e. The van der Waals surface area contributed by atoms with Crippen molar-refractivity contribution in [3.8, 4) is 6.07 Å². The number of nitrogens with one attached hydrogen (secondary N) is 1. The van der Waals surface area contributed by atoms with Crippen molar-refractivity contribution in [2.24, 2.45) is 0 Å². The Morgan fingerprint density at radius 2 is 2.44 bits per heavy atom. The predicted octanol–water partition coefficient (Wildman–Crippen LogP) is 2.72. The predicted molar refractivity (Wildman–Crippen MR) is 75.4 cm³/mol. The van der Waals surface area contributed by atoms with E-state index in [0.29, 0.717) is 11.7 Å². The Labute approximate surface area is 113 Å². The lowest BCUT2D eigenvalue weighted by atomic mass is 9.95. The van der Waals surface area contributed by atoms with Gasteiger partial charge in [0, 0.05) is 24.0 Å². The Morgan fingerprint density at radius 1 is 1.56 bits per heavy atom. The van der Waals surface area contributed by atoms with Gasteiger partial charge in [0.25, 0.3) is 0 Å². The van der Waals surface area contributed by atoms with Crippen molar-refractivity contribution < 1.29 is 0 Å². The van der Waals surface area contributed by atoms with Gasteiger partial charge < -0.3 is 5.32 Å². The van der Waals surface area contributed by atoms with E-state index in [1.165, 1.54) is 25.7 Å². The minimum atomic E-state index is 0.500. The first-order chi connectivity index (χ1) is 8.81. The van der Waals surface area contributed by atoms with Crippen LogP contribution < -0.4 is 5.32 Å². The minimum absolute atomic E-state index is 0.500. The molecule has 2 unspecified atom stereocenters. The smallest absolute Gasteiger partial charge is 0.140 e. The molecule has 0 bridgehead atoms. The van der Waals surface area contributed by atoms with Gasteiger partial charge >= 0.3 is 0 Å². The first kappa shape index (κ1) is 13.4. The summed E-state index contributed by atoms with van der Waals surface area (Å²) in [5.41, 5.74) is 1.65. The van der Waals surface area contributed by atoms with Crippen molar-refractivity contribution in [3.05, 3.63) is 29.6 Å². The van der Waals surface area contributed by atoms with Gasteiger partial charge in [-0.2, -0.15) is 17.0 Å². The third-order valence-electron chi connectivity index (χ3n) is 3.49. The largest absolute Gasteiger partial charge is 0.310 e. The molecule has 0 saturated heterocycles. The summed E-state index contributed by atoms with van der Waals surface area (Å²) in [4.78, 5) is 3.99. The molecule has 0 aromatic carbocycles. The second kappa shape index (κ2) is 6.77. The van der Waals surface area contributed by atoms with Crippen LogP contribution in [0.3, 0.4) is 0 Å². The number of rotatable bonds is 4. The summed E-state index contributed by atoms with van der Waals surface area (Å²) >= 11 is 1.98. The Bertz CT molecular complexity index is 427. The van der Waals surface area contributed by atoms with Gasteiger partial charge in [-0.25, -0.2) is 4.98 Å². The molecule has 4 heteroatoms. The Kier molecular flexibility index (Phi) is 5.03. The molecule has 18 heavy (non-hydrogen) atoms. The van der Waals surface area contributed by atoms with Gasteiger partial charge in [0.15, 0.2) is 0 Å². The van der Waals surface area contributed by atoms with Gasteiger partial charge in [-0.3, -0.25) is 0 Å². The van der Waals surface area contributed by atoms with Crippen LogP contribution in [0, 0.1) is 11.3 Å². The molecule has 0 radical (unpaired) electrons. The number of thioether (sulfide) groups is 1. The molecule has 1 fully saturated rings. The molecular weight excluding hydrogens is 242 g/mol. The first-order valence-corrected chi connectivity index (χ1v) is 7.72. The maximum absolute atomic E-state index is 8.81. The standard InChI is InChI=1S/C14H19N3S/c1-18-14-4-2-3-12(8-14)17-10-11-5-6-16-13(7-11)9-15/h5-7,12,14,17H,2-4,8,10H2,1H3. The summed E-state index contributed by atoms with van der Waals surface area (Å²) in [7, 11) is 0. The van der Waals surface area contributed by atoms with Crippen molar-refractivity contribution in [1.82, 2.24) is 10.3 Å². The molecule has 96 valence electrons. The third-order valence-corrected chi connectivity index (χ3v) is 4.59. The summed E-state index contributed by atoms with van der Waals surface area (Å²) in [6.45, 7) is 0.836. The molecule has 2 rings (SSSR count). The lowest BCUT2D eigenvalue weighted by Crippen LogP contribution is -2.34. The van der Waals surface area contributed by atoms with Gasteiger partial charge in [0.2, 0.25) is 0 Å².